The molecule has 7 heteroatoms. The number of piperazine rings is 1. The van der Waals surface area contributed by atoms with E-state index in [0.29, 0.717) is 5.88 Å². The number of hydrogen-bond acceptors (Lipinski definition) is 5. The van der Waals surface area contributed by atoms with Crippen LogP contribution in [-0.2, 0) is 11.8 Å². The van der Waals surface area contributed by atoms with Crippen LogP contribution in [0.25, 0.3) is 11.0 Å². The topological polar surface area (TPSA) is 63.5 Å². The Morgan fingerprint density at radius 1 is 1.14 bits per heavy atom. The lowest BCUT2D eigenvalue weighted by Gasteiger charge is -2.37. The van der Waals surface area contributed by atoms with Crippen molar-refractivity contribution in [3.8, 4) is 5.88 Å². The molecule has 0 atom stereocenters. The molecule has 2 fully saturated rings. The molecule has 158 valence electrons. The Morgan fingerprint density at radius 2 is 1.86 bits per heavy atom. The normalized spacial score (nSPS) is 19.1. The molecule has 0 N–H and O–H groups in total. The Kier molecular flexibility index (Phi) is 6.04. The molecule has 1 aliphatic carbocycles. The number of amides is 1. The van der Waals surface area contributed by atoms with Crippen LogP contribution in [0.4, 0.5) is 0 Å². The molecule has 4 rings (SSSR count). The Bertz CT molecular complexity index is 864. The van der Waals surface area contributed by atoms with Crippen molar-refractivity contribution in [2.75, 3.05) is 39.3 Å². The fourth-order valence-corrected chi connectivity index (χ4v) is 4.79. The zero-order valence-corrected chi connectivity index (χ0v) is 18.0. The van der Waals surface area contributed by atoms with Gasteiger partial charge in [0.15, 0.2) is 12.3 Å². The summed E-state index contributed by atoms with van der Waals surface area (Å²) < 4.78 is 7.57. The van der Waals surface area contributed by atoms with E-state index in [1.54, 1.807) is 4.68 Å². The molecular weight excluding hydrogens is 366 g/mol. The second-order valence-electron chi connectivity index (χ2n) is 8.68. The summed E-state index contributed by atoms with van der Waals surface area (Å²) in [6.07, 6.45) is 6.92. The Labute approximate surface area is 173 Å². The Hall–Kier alpha value is -2.15. The number of hydrogen-bond donors (Lipinski definition) is 0. The first-order valence-electron chi connectivity index (χ1n) is 10.9. The van der Waals surface area contributed by atoms with Gasteiger partial charge in [-0.1, -0.05) is 19.3 Å². The number of nitrogens with zero attached hydrogens (tertiary/aromatic N) is 5. The van der Waals surface area contributed by atoms with Crippen molar-refractivity contribution >= 4 is 16.9 Å². The van der Waals surface area contributed by atoms with Crippen LogP contribution in [-0.4, -0.2) is 69.8 Å². The minimum absolute atomic E-state index is 0.0298. The molecule has 0 spiro atoms. The van der Waals surface area contributed by atoms with Gasteiger partial charge >= 0.3 is 0 Å². The second kappa shape index (κ2) is 8.69. The van der Waals surface area contributed by atoms with Gasteiger partial charge in [-0.15, -0.1) is 5.10 Å². The summed E-state index contributed by atoms with van der Waals surface area (Å²) in [5.41, 5.74) is 2.81. The third-order valence-corrected chi connectivity index (χ3v) is 6.39. The summed E-state index contributed by atoms with van der Waals surface area (Å²) in [7, 11) is 1.86. The van der Waals surface area contributed by atoms with Gasteiger partial charge in [-0.25, -0.2) is 9.67 Å². The number of rotatable bonds is 5. The Balaban J connectivity index is 1.30. The predicted molar refractivity (Wildman–Crippen MR) is 113 cm³/mol. The van der Waals surface area contributed by atoms with Crippen molar-refractivity contribution < 1.29 is 9.53 Å². The van der Waals surface area contributed by atoms with E-state index in [1.807, 2.05) is 31.9 Å². The van der Waals surface area contributed by atoms with Crippen LogP contribution in [0, 0.1) is 19.8 Å². The monoisotopic (exact) mass is 399 g/mol. The molecule has 2 aromatic heterocycles. The summed E-state index contributed by atoms with van der Waals surface area (Å²) in [6, 6.07) is 2.02. The third-order valence-electron chi connectivity index (χ3n) is 6.39. The zero-order chi connectivity index (χ0) is 20.4. The van der Waals surface area contributed by atoms with Gasteiger partial charge in [0.1, 0.15) is 0 Å². The van der Waals surface area contributed by atoms with E-state index in [9.17, 15) is 4.79 Å². The van der Waals surface area contributed by atoms with Gasteiger partial charge in [-0.05, 0) is 44.2 Å². The SMILES string of the molecule is Cc1cc(C)c2c(OCC(=O)N3CCN(CC4CCCCC4)CC3)nn(C)c2n1. The van der Waals surface area contributed by atoms with Crippen molar-refractivity contribution in [3.63, 3.8) is 0 Å². The van der Waals surface area contributed by atoms with Gasteiger partial charge in [0.05, 0.1) is 5.39 Å². The molecule has 0 unspecified atom stereocenters. The molecule has 1 aliphatic heterocycles. The van der Waals surface area contributed by atoms with Crippen molar-refractivity contribution in [2.45, 2.75) is 46.0 Å². The van der Waals surface area contributed by atoms with E-state index in [0.717, 1.165) is 54.4 Å². The molecule has 0 bridgehead atoms. The minimum atomic E-state index is 0.0298. The lowest BCUT2D eigenvalue weighted by Crippen LogP contribution is -2.51. The summed E-state index contributed by atoms with van der Waals surface area (Å²) in [5, 5.41) is 5.33. The molecule has 1 saturated carbocycles. The lowest BCUT2D eigenvalue weighted by molar-refractivity contribution is -0.135. The highest BCUT2D eigenvalue weighted by atomic mass is 16.5. The van der Waals surface area contributed by atoms with Crippen LogP contribution in [0.15, 0.2) is 6.07 Å². The largest absolute Gasteiger partial charge is 0.466 e. The molecule has 3 heterocycles. The third kappa shape index (κ3) is 4.55. The summed E-state index contributed by atoms with van der Waals surface area (Å²) in [6.45, 7) is 8.74. The van der Waals surface area contributed by atoms with Crippen LogP contribution < -0.4 is 4.74 Å². The number of carbonyl (C=O) groups is 1. The highest BCUT2D eigenvalue weighted by Crippen LogP contribution is 2.27. The highest BCUT2D eigenvalue weighted by Gasteiger charge is 2.25. The van der Waals surface area contributed by atoms with Gasteiger partial charge in [0.25, 0.3) is 5.91 Å². The van der Waals surface area contributed by atoms with Gasteiger partial charge in [-0.2, -0.15) is 0 Å². The number of pyridine rings is 1. The molecule has 0 radical (unpaired) electrons. The molecule has 7 nitrogen and oxygen atoms in total. The molecule has 0 aromatic carbocycles. The number of aryl methyl sites for hydroxylation is 3. The first-order valence-corrected chi connectivity index (χ1v) is 10.9. The highest BCUT2D eigenvalue weighted by molar-refractivity contribution is 5.85. The number of aromatic nitrogens is 3. The van der Waals surface area contributed by atoms with Crippen LogP contribution >= 0.6 is 0 Å². The smallest absolute Gasteiger partial charge is 0.260 e. The van der Waals surface area contributed by atoms with Gasteiger partial charge < -0.3 is 9.64 Å². The van der Waals surface area contributed by atoms with Crippen molar-refractivity contribution in [3.05, 3.63) is 17.3 Å². The van der Waals surface area contributed by atoms with Crippen LogP contribution in [0.3, 0.4) is 0 Å². The van der Waals surface area contributed by atoms with E-state index in [1.165, 1.54) is 38.6 Å². The molecule has 2 aromatic rings. The number of ether oxygens (including phenoxy) is 1. The maximum absolute atomic E-state index is 12.7. The van der Waals surface area contributed by atoms with Crippen LogP contribution in [0.2, 0.25) is 0 Å². The standard InChI is InChI=1S/C22H33N5O2/c1-16-13-17(2)23-21-20(16)22(24-25(21)3)29-15-19(28)27-11-9-26(10-12-27)14-18-7-5-4-6-8-18/h13,18H,4-12,14-15H2,1-3H3. The average molecular weight is 400 g/mol. The molecule has 29 heavy (non-hydrogen) atoms. The van der Waals surface area contributed by atoms with E-state index in [4.69, 9.17) is 4.74 Å². The Morgan fingerprint density at radius 3 is 2.59 bits per heavy atom. The van der Waals surface area contributed by atoms with E-state index in [2.05, 4.69) is 15.0 Å². The second-order valence-corrected chi connectivity index (χ2v) is 8.68. The summed E-state index contributed by atoms with van der Waals surface area (Å²) >= 11 is 0. The summed E-state index contributed by atoms with van der Waals surface area (Å²) in [4.78, 5) is 21.7. The fraction of sp³-hybridized carbons (Fsp3) is 0.682. The van der Waals surface area contributed by atoms with E-state index in [-0.39, 0.29) is 12.5 Å². The van der Waals surface area contributed by atoms with E-state index >= 15 is 0 Å². The van der Waals surface area contributed by atoms with Gasteiger partial charge in [0, 0.05) is 45.5 Å². The predicted octanol–water partition coefficient (Wildman–Crippen LogP) is 2.69. The number of carbonyl (C=O) groups excluding carboxylic acids is 1. The maximum Gasteiger partial charge on any atom is 0.260 e. The zero-order valence-electron chi connectivity index (χ0n) is 18.0. The van der Waals surface area contributed by atoms with Crippen LogP contribution in [0.1, 0.15) is 43.4 Å². The lowest BCUT2D eigenvalue weighted by atomic mass is 9.89. The number of fused-ring (bicyclic) bond motifs is 1. The van der Waals surface area contributed by atoms with Crippen molar-refractivity contribution in [2.24, 2.45) is 13.0 Å². The molecule has 1 amide bonds. The summed E-state index contributed by atoms with van der Waals surface area (Å²) in [5.74, 6) is 1.39. The van der Waals surface area contributed by atoms with E-state index < -0.39 is 0 Å². The molecule has 2 aliphatic rings. The van der Waals surface area contributed by atoms with Gasteiger partial charge in [0.2, 0.25) is 5.88 Å². The fourth-order valence-electron chi connectivity index (χ4n) is 4.79. The molecular formula is C22H33N5O2. The first-order chi connectivity index (χ1) is 14.0. The molecule has 1 saturated heterocycles. The quantitative estimate of drug-likeness (QED) is 0.774. The average Bonchev–Trinajstić information content (AvgIpc) is 3.03. The van der Waals surface area contributed by atoms with Crippen molar-refractivity contribution in [1.29, 1.82) is 0 Å². The van der Waals surface area contributed by atoms with Gasteiger partial charge in [-0.3, -0.25) is 9.69 Å². The maximum atomic E-state index is 12.7. The van der Waals surface area contributed by atoms with Crippen LogP contribution in [0.5, 0.6) is 5.88 Å². The van der Waals surface area contributed by atoms with Crippen molar-refractivity contribution in [1.82, 2.24) is 24.6 Å². The first kappa shape index (κ1) is 20.1. The minimum Gasteiger partial charge on any atom is -0.466 e.